The average Bonchev–Trinajstić information content (AvgIpc) is 2.18. The molecule has 0 aromatic carbocycles. The van der Waals surface area contributed by atoms with Crippen molar-refractivity contribution >= 4 is 40.3 Å². The largest absolute Gasteiger partial charge is 0.288 e. The van der Waals surface area contributed by atoms with Gasteiger partial charge < -0.3 is 0 Å². The molecule has 2 rings (SSSR count). The first-order valence-electron chi connectivity index (χ1n) is 4.22. The molecule has 0 aliphatic heterocycles. The van der Waals surface area contributed by atoms with E-state index < -0.39 is 5.24 Å². The summed E-state index contributed by atoms with van der Waals surface area (Å²) in [6, 6.07) is 0. The molecule has 72 valence electrons. The Morgan fingerprint density at radius 3 is 2.79 bits per heavy atom. The fourth-order valence-electron chi connectivity index (χ4n) is 1.43. The van der Waals surface area contributed by atoms with E-state index in [1.807, 2.05) is 12.2 Å². The van der Waals surface area contributed by atoms with E-state index in [2.05, 4.69) is 0 Å². The van der Waals surface area contributed by atoms with E-state index in [1.54, 1.807) is 0 Å². The Balaban J connectivity index is 2.88. The number of fused-ring (bicyclic) bond motifs is 1. The zero-order valence-corrected chi connectivity index (χ0v) is 8.82. The lowest BCUT2D eigenvalue weighted by molar-refractivity contribution is 0.108. The molecule has 0 saturated carbocycles. The Kier molecular flexibility index (Phi) is 2.52. The Labute approximate surface area is 89.1 Å². The molecule has 0 fully saturated rings. The second-order valence-corrected chi connectivity index (χ2v) is 4.27. The number of carbonyl (C=O) groups is 1. The summed E-state index contributed by atoms with van der Waals surface area (Å²) in [5.41, 5.74) is -0.156. The van der Waals surface area contributed by atoms with Gasteiger partial charge in [0.05, 0.1) is 5.56 Å². The van der Waals surface area contributed by atoms with Gasteiger partial charge >= 0.3 is 0 Å². The minimum Gasteiger partial charge on any atom is -0.288 e. The molecule has 0 bridgehead atoms. The maximum Gasteiger partial charge on any atom is 0.257 e. The van der Waals surface area contributed by atoms with Gasteiger partial charge in [-0.2, -0.15) is 0 Å². The van der Waals surface area contributed by atoms with E-state index in [9.17, 15) is 9.59 Å². The lowest BCUT2D eigenvalue weighted by atomic mass is 10.1. The molecule has 2 nitrogen and oxygen atoms in total. The van der Waals surface area contributed by atoms with Crippen molar-refractivity contribution in [2.24, 2.45) is 0 Å². The predicted octanol–water partition coefficient (Wildman–Crippen LogP) is 0.842. The number of carbonyl (C=O) groups excluding carboxylic acids is 1. The van der Waals surface area contributed by atoms with Crippen LogP contribution in [0, 0.1) is 0 Å². The van der Waals surface area contributed by atoms with Crippen LogP contribution in [0.5, 0.6) is 0 Å². The summed E-state index contributed by atoms with van der Waals surface area (Å²) in [5, 5.41) is 1.49. The third kappa shape index (κ3) is 1.53. The second kappa shape index (κ2) is 3.67. The SMILES string of the molecule is O=C(Cl)c1csc2c(c1=O)=CCCC=2. The van der Waals surface area contributed by atoms with Crippen molar-refractivity contribution < 1.29 is 4.79 Å². The smallest absolute Gasteiger partial charge is 0.257 e. The van der Waals surface area contributed by atoms with E-state index in [-0.39, 0.29) is 11.0 Å². The average molecular weight is 227 g/mol. The number of halogens is 1. The molecule has 1 heterocycles. The third-order valence-corrected chi connectivity index (χ3v) is 3.31. The van der Waals surface area contributed by atoms with E-state index in [0.717, 1.165) is 17.4 Å². The van der Waals surface area contributed by atoms with Gasteiger partial charge in [-0.1, -0.05) is 12.2 Å². The zero-order valence-electron chi connectivity index (χ0n) is 7.25. The second-order valence-electron chi connectivity index (χ2n) is 3.02. The molecule has 0 radical (unpaired) electrons. The normalized spacial score (nSPS) is 13.8. The van der Waals surface area contributed by atoms with Crippen molar-refractivity contribution in [2.75, 3.05) is 0 Å². The molecule has 1 aliphatic carbocycles. The summed E-state index contributed by atoms with van der Waals surface area (Å²) in [4.78, 5) is 22.6. The first-order valence-corrected chi connectivity index (χ1v) is 5.48. The summed E-state index contributed by atoms with van der Waals surface area (Å²) in [7, 11) is 0. The topological polar surface area (TPSA) is 34.1 Å². The molecule has 0 amide bonds. The van der Waals surface area contributed by atoms with Crippen LogP contribution >= 0.6 is 22.9 Å². The van der Waals surface area contributed by atoms with Crippen molar-refractivity contribution in [1.82, 2.24) is 0 Å². The van der Waals surface area contributed by atoms with E-state index >= 15 is 0 Å². The molecular weight excluding hydrogens is 220 g/mol. The van der Waals surface area contributed by atoms with Crippen LogP contribution in [0.2, 0.25) is 0 Å². The van der Waals surface area contributed by atoms with Crippen LogP contribution in [0.25, 0.3) is 12.2 Å². The molecule has 0 spiro atoms. The number of rotatable bonds is 1. The summed E-state index contributed by atoms with van der Waals surface area (Å²) < 4.78 is 0.947. The molecule has 4 heteroatoms. The van der Waals surface area contributed by atoms with E-state index in [0.29, 0.717) is 5.22 Å². The van der Waals surface area contributed by atoms with Crippen LogP contribution in [0.1, 0.15) is 23.2 Å². The highest BCUT2D eigenvalue weighted by Crippen LogP contribution is 2.00. The van der Waals surface area contributed by atoms with Gasteiger partial charge in [0, 0.05) is 15.1 Å². The highest BCUT2D eigenvalue weighted by molar-refractivity contribution is 7.07. The molecule has 1 aromatic rings. The van der Waals surface area contributed by atoms with E-state index in [1.165, 1.54) is 16.7 Å². The van der Waals surface area contributed by atoms with Crippen LogP contribution in [0.3, 0.4) is 0 Å². The quantitative estimate of drug-likeness (QED) is 0.666. The first kappa shape index (κ1) is 9.62. The third-order valence-electron chi connectivity index (χ3n) is 2.12. The Bertz CT molecular complexity index is 556. The van der Waals surface area contributed by atoms with Gasteiger partial charge in [-0.05, 0) is 24.4 Å². The molecule has 0 N–H and O–H groups in total. The summed E-state index contributed by atoms with van der Waals surface area (Å²) in [5.74, 6) is 0. The van der Waals surface area contributed by atoms with Crippen LogP contribution in [-0.2, 0) is 0 Å². The molecule has 0 saturated heterocycles. The van der Waals surface area contributed by atoms with Crippen LogP contribution in [0.4, 0.5) is 0 Å². The van der Waals surface area contributed by atoms with Crippen molar-refractivity contribution in [1.29, 1.82) is 0 Å². The standard InChI is InChI=1S/C10H7ClO2S/c11-10(13)7-5-14-8-4-2-1-3-6(8)9(7)12/h3-5H,1-2H2. The van der Waals surface area contributed by atoms with Crippen molar-refractivity contribution in [3.8, 4) is 0 Å². The van der Waals surface area contributed by atoms with Gasteiger partial charge in [-0.3, -0.25) is 9.59 Å². The molecule has 14 heavy (non-hydrogen) atoms. The van der Waals surface area contributed by atoms with Crippen molar-refractivity contribution in [3.05, 3.63) is 30.9 Å². The highest BCUT2D eigenvalue weighted by atomic mass is 35.5. The van der Waals surface area contributed by atoms with Gasteiger partial charge in [0.25, 0.3) is 5.24 Å². The Hall–Kier alpha value is -0.930. The predicted molar refractivity (Wildman–Crippen MR) is 58.2 cm³/mol. The van der Waals surface area contributed by atoms with Crippen LogP contribution < -0.4 is 15.2 Å². The van der Waals surface area contributed by atoms with Gasteiger partial charge in [0.2, 0.25) is 0 Å². The van der Waals surface area contributed by atoms with Gasteiger partial charge in [0.15, 0.2) is 5.43 Å². The van der Waals surface area contributed by atoms with Gasteiger partial charge in [-0.25, -0.2) is 0 Å². The fourth-order valence-corrected chi connectivity index (χ4v) is 2.61. The maximum atomic E-state index is 11.7. The van der Waals surface area contributed by atoms with E-state index in [4.69, 9.17) is 11.6 Å². The summed E-state index contributed by atoms with van der Waals surface area (Å²) in [6.07, 6.45) is 5.70. The van der Waals surface area contributed by atoms with Gasteiger partial charge in [-0.15, -0.1) is 11.3 Å². The van der Waals surface area contributed by atoms with Crippen LogP contribution in [-0.4, -0.2) is 5.24 Å². The monoisotopic (exact) mass is 226 g/mol. The number of hydrogen-bond acceptors (Lipinski definition) is 3. The fraction of sp³-hybridized carbons (Fsp3) is 0.200. The molecule has 0 atom stereocenters. The maximum absolute atomic E-state index is 11.7. The minimum atomic E-state index is -0.673. The van der Waals surface area contributed by atoms with Crippen molar-refractivity contribution in [3.63, 3.8) is 0 Å². The molecule has 1 aliphatic rings. The Morgan fingerprint density at radius 2 is 2.07 bits per heavy atom. The molecule has 1 aromatic heterocycles. The van der Waals surface area contributed by atoms with Crippen LogP contribution in [0.15, 0.2) is 10.2 Å². The highest BCUT2D eigenvalue weighted by Gasteiger charge is 2.09. The molecule has 0 unspecified atom stereocenters. The van der Waals surface area contributed by atoms with Crippen molar-refractivity contribution in [2.45, 2.75) is 12.8 Å². The zero-order chi connectivity index (χ0) is 10.1. The minimum absolute atomic E-state index is 0.0852. The first-order chi connectivity index (χ1) is 6.70. The van der Waals surface area contributed by atoms with Gasteiger partial charge in [0.1, 0.15) is 0 Å². The number of hydrogen-bond donors (Lipinski definition) is 0. The summed E-state index contributed by atoms with van der Waals surface area (Å²) in [6.45, 7) is 0. The Morgan fingerprint density at radius 1 is 1.36 bits per heavy atom. The lowest BCUT2D eigenvalue weighted by Gasteiger charge is -1.98. The summed E-state index contributed by atoms with van der Waals surface area (Å²) >= 11 is 6.69. The molecular formula is C10H7ClO2S. The lowest BCUT2D eigenvalue weighted by Crippen LogP contribution is -2.40.